The van der Waals surface area contributed by atoms with Crippen LogP contribution in [0.3, 0.4) is 0 Å². The molecule has 1 aliphatic rings. The van der Waals surface area contributed by atoms with E-state index in [1.165, 1.54) is 12.8 Å². The largest absolute Gasteiger partial charge is 0.478 e. The predicted molar refractivity (Wildman–Crippen MR) is 116 cm³/mol. The van der Waals surface area contributed by atoms with E-state index in [9.17, 15) is 0 Å². The Kier molecular flexibility index (Phi) is 5.65. The first kappa shape index (κ1) is 20.3. The zero-order chi connectivity index (χ0) is 21.1. The Bertz CT molecular complexity index is 956. The molecule has 0 bridgehead atoms. The number of hydrogen-bond donors (Lipinski definition) is 1. The first-order valence-corrected chi connectivity index (χ1v) is 10.5. The van der Waals surface area contributed by atoms with Crippen LogP contribution in [0.4, 0.5) is 5.69 Å². The molecule has 158 valence electrons. The average molecular weight is 408 g/mol. The Hall–Kier alpha value is -3.03. The Morgan fingerprint density at radius 3 is 2.53 bits per heavy atom. The number of tetrazole rings is 1. The molecular formula is C22H29N7O. The second-order valence-corrected chi connectivity index (χ2v) is 8.77. The van der Waals surface area contributed by atoms with Crippen LogP contribution >= 0.6 is 0 Å². The fourth-order valence-corrected chi connectivity index (χ4v) is 4.06. The lowest BCUT2D eigenvalue weighted by Crippen LogP contribution is -2.38. The van der Waals surface area contributed by atoms with Crippen LogP contribution < -0.4 is 9.64 Å². The Balaban J connectivity index is 1.63. The highest BCUT2D eigenvalue weighted by molar-refractivity contribution is 5.79. The molecule has 3 aromatic rings. The van der Waals surface area contributed by atoms with Crippen molar-refractivity contribution in [2.24, 2.45) is 11.3 Å². The van der Waals surface area contributed by atoms with E-state index in [2.05, 4.69) is 57.3 Å². The van der Waals surface area contributed by atoms with Gasteiger partial charge in [-0.3, -0.25) is 4.98 Å². The number of anilines is 1. The summed E-state index contributed by atoms with van der Waals surface area (Å²) in [4.78, 5) is 11.6. The van der Waals surface area contributed by atoms with Gasteiger partial charge in [-0.2, -0.15) is 5.21 Å². The summed E-state index contributed by atoms with van der Waals surface area (Å²) in [5, 5.41) is 14.7. The van der Waals surface area contributed by atoms with Crippen molar-refractivity contribution in [2.45, 2.75) is 40.5 Å². The molecule has 30 heavy (non-hydrogen) atoms. The first-order valence-electron chi connectivity index (χ1n) is 10.5. The summed E-state index contributed by atoms with van der Waals surface area (Å²) in [6, 6.07) is 5.92. The highest BCUT2D eigenvalue weighted by Gasteiger charge is 2.29. The van der Waals surface area contributed by atoms with Crippen LogP contribution in [0.2, 0.25) is 0 Å². The van der Waals surface area contributed by atoms with Crippen LogP contribution in [0.25, 0.3) is 22.6 Å². The van der Waals surface area contributed by atoms with Crippen LogP contribution in [-0.4, -0.2) is 50.3 Å². The van der Waals surface area contributed by atoms with Crippen molar-refractivity contribution in [2.75, 3.05) is 24.6 Å². The molecule has 4 heterocycles. The maximum atomic E-state index is 5.45. The van der Waals surface area contributed by atoms with E-state index < -0.39 is 0 Å². The van der Waals surface area contributed by atoms with Gasteiger partial charge in [0.2, 0.25) is 11.7 Å². The van der Waals surface area contributed by atoms with Crippen LogP contribution in [0.15, 0.2) is 30.6 Å². The number of piperidine rings is 1. The van der Waals surface area contributed by atoms with E-state index >= 15 is 0 Å². The number of hydrogen-bond acceptors (Lipinski definition) is 7. The number of nitrogens with zero attached hydrogens (tertiary/aromatic N) is 6. The minimum absolute atomic E-state index is 0.352. The average Bonchev–Trinajstić information content (AvgIpc) is 3.29. The van der Waals surface area contributed by atoms with Crippen molar-refractivity contribution < 1.29 is 4.74 Å². The molecule has 8 nitrogen and oxygen atoms in total. The highest BCUT2D eigenvalue weighted by Crippen LogP contribution is 2.37. The van der Waals surface area contributed by atoms with E-state index in [4.69, 9.17) is 9.72 Å². The summed E-state index contributed by atoms with van der Waals surface area (Å²) in [5.41, 5.74) is 3.94. The van der Waals surface area contributed by atoms with Crippen molar-refractivity contribution in [3.63, 3.8) is 0 Å². The molecule has 4 rings (SSSR count). The van der Waals surface area contributed by atoms with Crippen molar-refractivity contribution >= 4 is 5.69 Å². The second kappa shape index (κ2) is 8.38. The molecular weight excluding hydrogens is 378 g/mol. The van der Waals surface area contributed by atoms with Crippen LogP contribution in [0.1, 0.15) is 40.5 Å². The lowest BCUT2D eigenvalue weighted by atomic mass is 9.75. The highest BCUT2D eigenvalue weighted by atomic mass is 16.5. The molecule has 0 aliphatic carbocycles. The summed E-state index contributed by atoms with van der Waals surface area (Å²) in [7, 11) is 0. The third kappa shape index (κ3) is 4.27. The van der Waals surface area contributed by atoms with Gasteiger partial charge in [0, 0.05) is 30.9 Å². The Morgan fingerprint density at radius 2 is 1.93 bits per heavy atom. The maximum Gasteiger partial charge on any atom is 0.213 e. The van der Waals surface area contributed by atoms with E-state index in [0.29, 0.717) is 23.7 Å². The number of pyridine rings is 2. The van der Waals surface area contributed by atoms with Gasteiger partial charge in [0.15, 0.2) is 0 Å². The number of ether oxygens (including phenoxy) is 1. The molecule has 0 radical (unpaired) electrons. The summed E-state index contributed by atoms with van der Waals surface area (Å²) in [5.74, 6) is 1.87. The van der Waals surface area contributed by atoms with Crippen molar-refractivity contribution in [1.82, 2.24) is 30.6 Å². The van der Waals surface area contributed by atoms with Gasteiger partial charge in [0.25, 0.3) is 0 Å². The zero-order valence-corrected chi connectivity index (χ0v) is 18.1. The summed E-state index contributed by atoms with van der Waals surface area (Å²) in [6.07, 6.45) is 6.08. The third-order valence-electron chi connectivity index (χ3n) is 5.85. The number of aromatic amines is 1. The molecule has 1 aliphatic heterocycles. The van der Waals surface area contributed by atoms with Gasteiger partial charge in [-0.1, -0.05) is 20.8 Å². The monoisotopic (exact) mass is 407 g/mol. The molecule has 0 atom stereocenters. The molecule has 0 amide bonds. The van der Waals surface area contributed by atoms with Crippen molar-refractivity contribution in [3.8, 4) is 28.5 Å². The second-order valence-electron chi connectivity index (χ2n) is 8.77. The van der Waals surface area contributed by atoms with E-state index in [-0.39, 0.29) is 0 Å². The van der Waals surface area contributed by atoms with Crippen molar-refractivity contribution in [1.29, 1.82) is 0 Å². The van der Waals surface area contributed by atoms with Crippen LogP contribution in [0.5, 0.6) is 5.88 Å². The topological polar surface area (TPSA) is 92.7 Å². The lowest BCUT2D eigenvalue weighted by Gasteiger charge is -2.39. The fourth-order valence-electron chi connectivity index (χ4n) is 4.06. The minimum Gasteiger partial charge on any atom is -0.478 e. The fraction of sp³-hybridized carbons (Fsp3) is 0.500. The number of H-pyrrole nitrogens is 1. The molecule has 0 unspecified atom stereocenters. The van der Waals surface area contributed by atoms with Crippen molar-refractivity contribution in [3.05, 3.63) is 30.6 Å². The SMILES string of the molecule is CCOc1ccc(-c2ncc(N3CCC(C(C)(C)C)CC3)cc2-c2nn[nH]n2)cn1. The molecule has 8 heteroatoms. The number of nitrogens with one attached hydrogen (secondary N) is 1. The van der Waals surface area contributed by atoms with Gasteiger partial charge in [0.1, 0.15) is 0 Å². The van der Waals surface area contributed by atoms with E-state index in [0.717, 1.165) is 41.5 Å². The number of aromatic nitrogens is 6. The van der Waals surface area contributed by atoms with Gasteiger partial charge >= 0.3 is 0 Å². The first-order chi connectivity index (χ1) is 14.5. The van der Waals surface area contributed by atoms with Gasteiger partial charge < -0.3 is 9.64 Å². The molecule has 3 aromatic heterocycles. The van der Waals surface area contributed by atoms with E-state index in [1.54, 1.807) is 6.20 Å². The molecule has 0 spiro atoms. The standard InChI is InChI=1S/C22H29N7O/c1-5-30-19-7-6-15(13-23-19)20-18(21-25-27-28-26-21)12-17(14-24-20)29-10-8-16(9-11-29)22(2,3)4/h6-7,12-14,16H,5,8-11H2,1-4H3,(H,25,26,27,28). The Labute approximate surface area is 177 Å². The molecule has 0 aromatic carbocycles. The molecule has 1 fully saturated rings. The van der Waals surface area contributed by atoms with Gasteiger partial charge in [-0.05, 0) is 48.4 Å². The zero-order valence-electron chi connectivity index (χ0n) is 18.1. The maximum absolute atomic E-state index is 5.45. The Morgan fingerprint density at radius 1 is 1.13 bits per heavy atom. The third-order valence-corrected chi connectivity index (χ3v) is 5.85. The minimum atomic E-state index is 0.352. The molecule has 1 N–H and O–H groups in total. The summed E-state index contributed by atoms with van der Waals surface area (Å²) < 4.78 is 5.45. The summed E-state index contributed by atoms with van der Waals surface area (Å²) in [6.45, 7) is 11.6. The van der Waals surface area contributed by atoms with Gasteiger partial charge in [-0.15, -0.1) is 10.2 Å². The number of rotatable bonds is 5. The van der Waals surface area contributed by atoms with Crippen LogP contribution in [-0.2, 0) is 0 Å². The smallest absolute Gasteiger partial charge is 0.213 e. The van der Waals surface area contributed by atoms with Crippen LogP contribution in [0, 0.1) is 11.3 Å². The van der Waals surface area contributed by atoms with E-state index in [1.807, 2.05) is 25.3 Å². The van der Waals surface area contributed by atoms with Gasteiger partial charge in [0.05, 0.1) is 29.7 Å². The molecule has 1 saturated heterocycles. The lowest BCUT2D eigenvalue weighted by molar-refractivity contribution is 0.199. The quantitative estimate of drug-likeness (QED) is 0.684. The normalized spacial score (nSPS) is 15.4. The van der Waals surface area contributed by atoms with Gasteiger partial charge in [-0.25, -0.2) is 4.98 Å². The summed E-state index contributed by atoms with van der Waals surface area (Å²) >= 11 is 0. The molecule has 0 saturated carbocycles. The predicted octanol–water partition coefficient (Wildman–Crippen LogP) is 3.98.